The summed E-state index contributed by atoms with van der Waals surface area (Å²) in [5.41, 5.74) is 0.748. The van der Waals surface area contributed by atoms with E-state index in [1.807, 2.05) is 6.07 Å². The molecule has 0 radical (unpaired) electrons. The van der Waals surface area contributed by atoms with E-state index < -0.39 is 11.9 Å². The molecule has 0 spiro atoms. The van der Waals surface area contributed by atoms with Gasteiger partial charge in [0.1, 0.15) is 11.3 Å². The van der Waals surface area contributed by atoms with Crippen molar-refractivity contribution in [3.63, 3.8) is 0 Å². The van der Waals surface area contributed by atoms with Crippen LogP contribution in [0.2, 0.25) is 0 Å². The summed E-state index contributed by atoms with van der Waals surface area (Å²) in [7, 11) is 0. The van der Waals surface area contributed by atoms with Gasteiger partial charge in [0.25, 0.3) is 0 Å². The first-order valence-corrected chi connectivity index (χ1v) is 8.35. The normalized spacial score (nSPS) is 10.3. The first kappa shape index (κ1) is 19.3. The Balaban J connectivity index is 2.69. The van der Waals surface area contributed by atoms with Crippen LogP contribution in [0, 0.1) is 13.8 Å². The van der Waals surface area contributed by atoms with Crippen molar-refractivity contribution >= 4 is 11.9 Å². The number of carbonyl (C=O) groups is 2. The van der Waals surface area contributed by atoms with E-state index in [0.29, 0.717) is 11.3 Å². The summed E-state index contributed by atoms with van der Waals surface area (Å²) in [6, 6.07) is 8.77. The largest absolute Gasteiger partial charge is 0.504 e. The van der Waals surface area contributed by atoms with Crippen molar-refractivity contribution in [3.8, 4) is 17.2 Å². The quantitative estimate of drug-likeness (QED) is 0.781. The number of aromatic hydroxyl groups is 1. The lowest BCUT2D eigenvalue weighted by molar-refractivity contribution is 0.0520. The second-order valence-electron chi connectivity index (χ2n) is 5.53. The maximum absolute atomic E-state index is 12.4. The van der Waals surface area contributed by atoms with E-state index in [-0.39, 0.29) is 41.4 Å². The van der Waals surface area contributed by atoms with Gasteiger partial charge >= 0.3 is 11.9 Å². The number of esters is 2. The van der Waals surface area contributed by atoms with Crippen molar-refractivity contribution < 1.29 is 28.9 Å². The Hall–Kier alpha value is -3.02. The number of hydrogen-bond acceptors (Lipinski definition) is 6. The Morgan fingerprint density at radius 1 is 0.885 bits per heavy atom. The third-order valence-corrected chi connectivity index (χ3v) is 3.84. The highest BCUT2D eigenvalue weighted by Crippen LogP contribution is 2.41. The molecule has 2 aromatic rings. The van der Waals surface area contributed by atoms with Gasteiger partial charge in [0, 0.05) is 5.56 Å². The van der Waals surface area contributed by atoms with Gasteiger partial charge in [-0.1, -0.05) is 18.2 Å². The molecule has 0 atom stereocenters. The second kappa shape index (κ2) is 8.38. The van der Waals surface area contributed by atoms with E-state index in [1.54, 1.807) is 52.0 Å². The highest BCUT2D eigenvalue weighted by molar-refractivity contribution is 6.02. The standard InChI is InChI=1S/C20H22O6/c1-5-24-19(22)15-12(3)16(20(23)25-6-2)17(21)18(13(15)4)26-14-10-8-7-9-11-14/h7-11,21H,5-6H2,1-4H3. The average Bonchev–Trinajstić information content (AvgIpc) is 2.60. The molecule has 0 bridgehead atoms. The van der Waals surface area contributed by atoms with Crippen molar-refractivity contribution in [2.45, 2.75) is 27.7 Å². The monoisotopic (exact) mass is 358 g/mol. The zero-order valence-corrected chi connectivity index (χ0v) is 15.3. The van der Waals surface area contributed by atoms with Gasteiger partial charge in [0.05, 0.1) is 18.8 Å². The zero-order chi connectivity index (χ0) is 19.3. The first-order valence-electron chi connectivity index (χ1n) is 8.35. The molecule has 2 rings (SSSR count). The van der Waals surface area contributed by atoms with Crippen LogP contribution in [0.15, 0.2) is 30.3 Å². The predicted molar refractivity (Wildman–Crippen MR) is 96.0 cm³/mol. The maximum atomic E-state index is 12.4. The molecule has 0 aliphatic carbocycles. The molecule has 0 fully saturated rings. The van der Waals surface area contributed by atoms with Crippen LogP contribution in [0.3, 0.4) is 0 Å². The minimum absolute atomic E-state index is 0.0212. The molecule has 0 amide bonds. The molecule has 0 aliphatic rings. The van der Waals surface area contributed by atoms with E-state index in [0.717, 1.165) is 0 Å². The Kier molecular flexibility index (Phi) is 6.22. The molecule has 0 aromatic heterocycles. The molecule has 0 unspecified atom stereocenters. The molecule has 26 heavy (non-hydrogen) atoms. The highest BCUT2D eigenvalue weighted by atomic mass is 16.5. The molecule has 6 nitrogen and oxygen atoms in total. The molecule has 1 N–H and O–H groups in total. The van der Waals surface area contributed by atoms with E-state index in [1.165, 1.54) is 0 Å². The minimum Gasteiger partial charge on any atom is -0.504 e. The van der Waals surface area contributed by atoms with Gasteiger partial charge in [-0.2, -0.15) is 0 Å². The fraction of sp³-hybridized carbons (Fsp3) is 0.300. The molecule has 138 valence electrons. The smallest absolute Gasteiger partial charge is 0.342 e. The van der Waals surface area contributed by atoms with Crippen molar-refractivity contribution in [1.29, 1.82) is 0 Å². The van der Waals surface area contributed by atoms with Crippen LogP contribution in [-0.2, 0) is 9.47 Å². The third kappa shape index (κ3) is 3.79. The molecule has 2 aromatic carbocycles. The van der Waals surface area contributed by atoms with Crippen LogP contribution in [0.1, 0.15) is 45.7 Å². The topological polar surface area (TPSA) is 82.1 Å². The lowest BCUT2D eigenvalue weighted by Gasteiger charge is -2.19. The molecule has 0 saturated carbocycles. The van der Waals surface area contributed by atoms with Gasteiger partial charge in [-0.05, 0) is 45.4 Å². The SMILES string of the molecule is CCOC(=O)c1c(C)c(Oc2ccccc2)c(O)c(C(=O)OCC)c1C. The summed E-state index contributed by atoms with van der Waals surface area (Å²) < 4.78 is 15.9. The van der Waals surface area contributed by atoms with Crippen LogP contribution >= 0.6 is 0 Å². The molecular weight excluding hydrogens is 336 g/mol. The fourth-order valence-electron chi connectivity index (χ4n) is 2.68. The van der Waals surface area contributed by atoms with Crippen LogP contribution in [0.25, 0.3) is 0 Å². The van der Waals surface area contributed by atoms with E-state index in [4.69, 9.17) is 14.2 Å². The maximum Gasteiger partial charge on any atom is 0.342 e. The van der Waals surface area contributed by atoms with Crippen molar-refractivity contribution in [2.75, 3.05) is 13.2 Å². The Morgan fingerprint density at radius 2 is 1.42 bits per heavy atom. The number of para-hydroxylation sites is 1. The highest BCUT2D eigenvalue weighted by Gasteiger charge is 2.29. The molecular formula is C20H22O6. The number of ether oxygens (including phenoxy) is 3. The third-order valence-electron chi connectivity index (χ3n) is 3.84. The Morgan fingerprint density at radius 3 is 1.96 bits per heavy atom. The van der Waals surface area contributed by atoms with Gasteiger partial charge in [0.2, 0.25) is 0 Å². The van der Waals surface area contributed by atoms with Gasteiger partial charge < -0.3 is 19.3 Å². The second-order valence-corrected chi connectivity index (χ2v) is 5.53. The van der Waals surface area contributed by atoms with Crippen molar-refractivity contribution in [1.82, 2.24) is 0 Å². The first-order chi connectivity index (χ1) is 12.4. The van der Waals surface area contributed by atoms with E-state index in [9.17, 15) is 14.7 Å². The molecule has 0 heterocycles. The van der Waals surface area contributed by atoms with Gasteiger partial charge in [-0.15, -0.1) is 0 Å². The summed E-state index contributed by atoms with van der Waals surface area (Å²) >= 11 is 0. The predicted octanol–water partition coefficient (Wildman–Crippen LogP) is 4.15. The van der Waals surface area contributed by atoms with Gasteiger partial charge in [0.15, 0.2) is 11.5 Å². The van der Waals surface area contributed by atoms with Crippen molar-refractivity contribution in [3.05, 3.63) is 52.6 Å². The number of hydrogen-bond donors (Lipinski definition) is 1. The van der Waals surface area contributed by atoms with E-state index >= 15 is 0 Å². The van der Waals surface area contributed by atoms with Crippen LogP contribution < -0.4 is 4.74 Å². The molecule has 6 heteroatoms. The van der Waals surface area contributed by atoms with Gasteiger partial charge in [-0.25, -0.2) is 9.59 Å². The Bertz CT molecular complexity index is 766. The number of phenols is 1. The minimum atomic E-state index is -0.731. The number of phenolic OH excluding ortho intramolecular Hbond substituents is 1. The van der Waals surface area contributed by atoms with Gasteiger partial charge in [-0.3, -0.25) is 0 Å². The fourth-order valence-corrected chi connectivity index (χ4v) is 2.68. The lowest BCUT2D eigenvalue weighted by atomic mass is 9.95. The summed E-state index contributed by atoms with van der Waals surface area (Å²) in [6.07, 6.45) is 0. The molecule has 0 aliphatic heterocycles. The average molecular weight is 358 g/mol. The molecule has 0 saturated heterocycles. The summed E-state index contributed by atoms with van der Waals surface area (Å²) in [5.74, 6) is -1.21. The number of rotatable bonds is 6. The summed E-state index contributed by atoms with van der Waals surface area (Å²) in [4.78, 5) is 24.8. The summed E-state index contributed by atoms with van der Waals surface area (Å²) in [6.45, 7) is 6.86. The number of benzene rings is 2. The van der Waals surface area contributed by atoms with Crippen LogP contribution in [0.4, 0.5) is 0 Å². The van der Waals surface area contributed by atoms with Crippen LogP contribution in [-0.4, -0.2) is 30.3 Å². The van der Waals surface area contributed by atoms with Crippen molar-refractivity contribution in [2.24, 2.45) is 0 Å². The lowest BCUT2D eigenvalue weighted by Crippen LogP contribution is -2.15. The zero-order valence-electron chi connectivity index (χ0n) is 15.3. The van der Waals surface area contributed by atoms with Crippen LogP contribution in [0.5, 0.6) is 17.2 Å². The van der Waals surface area contributed by atoms with E-state index in [2.05, 4.69) is 0 Å². The Labute approximate surface area is 152 Å². The number of carbonyl (C=O) groups excluding carboxylic acids is 2. The summed E-state index contributed by atoms with van der Waals surface area (Å²) in [5, 5.41) is 10.7.